The van der Waals surface area contributed by atoms with E-state index in [1.807, 2.05) is 0 Å². The number of nitrogens with zero attached hydrogens (tertiary/aromatic N) is 1. The zero-order valence-electron chi connectivity index (χ0n) is 19.7. The Balaban J connectivity index is 1.88. The van der Waals surface area contributed by atoms with Gasteiger partial charge in [-0.05, 0) is 39.0 Å². The Morgan fingerprint density at radius 3 is 1.90 bits per heavy atom. The molecule has 3 heteroatoms. The summed E-state index contributed by atoms with van der Waals surface area (Å²) in [5.41, 5.74) is 0. The van der Waals surface area contributed by atoms with Gasteiger partial charge in [-0.25, -0.2) is 0 Å². The monoisotopic (exact) mass is 407 g/mol. The van der Waals surface area contributed by atoms with Crippen LogP contribution in [0, 0.1) is 0 Å². The van der Waals surface area contributed by atoms with E-state index in [4.69, 9.17) is 0 Å². The van der Waals surface area contributed by atoms with Crippen LogP contribution in [0.5, 0.6) is 0 Å². The van der Waals surface area contributed by atoms with E-state index in [9.17, 15) is 5.11 Å². The van der Waals surface area contributed by atoms with Crippen LogP contribution in [-0.4, -0.2) is 35.5 Å². The van der Waals surface area contributed by atoms with Gasteiger partial charge < -0.3 is 10.4 Å². The lowest BCUT2D eigenvalue weighted by atomic mass is 10.1. The molecule has 2 atom stereocenters. The van der Waals surface area contributed by atoms with Crippen LogP contribution >= 0.6 is 0 Å². The summed E-state index contributed by atoms with van der Waals surface area (Å²) < 4.78 is 0.904. The third-order valence-electron chi connectivity index (χ3n) is 6.63. The smallest absolute Gasteiger partial charge is 0.166 e. The minimum absolute atomic E-state index is 0.268. The minimum Gasteiger partial charge on any atom is -0.390 e. The van der Waals surface area contributed by atoms with Crippen molar-refractivity contribution < 1.29 is 9.59 Å². The molecule has 0 bridgehead atoms. The topological polar surface area (TPSA) is 32.3 Å². The molecule has 0 aromatic rings. The van der Waals surface area contributed by atoms with Crippen molar-refractivity contribution in [1.29, 1.82) is 0 Å². The number of aliphatic hydroxyl groups excluding tert-OH is 1. The first-order valence-electron chi connectivity index (χ1n) is 12.8. The van der Waals surface area contributed by atoms with E-state index < -0.39 is 0 Å². The summed E-state index contributed by atoms with van der Waals surface area (Å²) in [4.78, 5) is 0. The zero-order chi connectivity index (χ0) is 21.0. The van der Waals surface area contributed by atoms with Gasteiger partial charge in [0.15, 0.2) is 6.17 Å². The number of nitrogens with one attached hydrogen (secondary N) is 1. The summed E-state index contributed by atoms with van der Waals surface area (Å²) in [6, 6.07) is 0. The van der Waals surface area contributed by atoms with Crippen LogP contribution in [-0.2, 0) is 0 Å². The lowest BCUT2D eigenvalue weighted by molar-refractivity contribution is -0.900. The fourth-order valence-corrected chi connectivity index (χ4v) is 4.56. The maximum absolute atomic E-state index is 9.38. The van der Waals surface area contributed by atoms with Crippen LogP contribution in [0.25, 0.3) is 0 Å². The first-order chi connectivity index (χ1) is 14.3. The molecule has 0 aliphatic carbocycles. The Morgan fingerprint density at radius 1 is 0.793 bits per heavy atom. The quantitative estimate of drug-likeness (QED) is 0.129. The summed E-state index contributed by atoms with van der Waals surface area (Å²) in [7, 11) is 0. The van der Waals surface area contributed by atoms with Crippen molar-refractivity contribution in [3.8, 4) is 0 Å². The molecule has 170 valence electrons. The van der Waals surface area contributed by atoms with Gasteiger partial charge in [-0.15, -0.1) is 0 Å². The molecule has 0 spiro atoms. The Labute approximate surface area is 182 Å². The van der Waals surface area contributed by atoms with Gasteiger partial charge >= 0.3 is 0 Å². The van der Waals surface area contributed by atoms with Crippen molar-refractivity contribution >= 4 is 0 Å². The molecule has 0 aromatic heterocycles. The Morgan fingerprint density at radius 2 is 1.34 bits per heavy atom. The van der Waals surface area contributed by atoms with Crippen LogP contribution < -0.4 is 5.32 Å². The van der Waals surface area contributed by atoms with Gasteiger partial charge in [0.05, 0.1) is 19.4 Å². The number of unbranched alkanes of at least 4 members (excludes halogenated alkanes) is 13. The maximum atomic E-state index is 9.38. The van der Waals surface area contributed by atoms with Gasteiger partial charge in [-0.1, -0.05) is 83.3 Å². The van der Waals surface area contributed by atoms with Gasteiger partial charge in [-0.3, -0.25) is 4.48 Å². The molecule has 2 N–H and O–H groups in total. The van der Waals surface area contributed by atoms with Gasteiger partial charge in [0.2, 0.25) is 0 Å². The first kappa shape index (κ1) is 26.2. The second-order valence-electron chi connectivity index (χ2n) is 8.94. The summed E-state index contributed by atoms with van der Waals surface area (Å²) >= 11 is 0. The van der Waals surface area contributed by atoms with Crippen molar-refractivity contribution in [3.05, 3.63) is 24.6 Å². The molecule has 1 aliphatic rings. The summed E-state index contributed by atoms with van der Waals surface area (Å²) in [5.74, 6) is 0. The number of hydrogen-bond acceptors (Lipinski definition) is 2. The SMILES string of the molecule is CCCCCCCCC/C=C/CCCCCCCCC1NC=C[N+]1(CC)CCO. The van der Waals surface area contributed by atoms with Crippen LogP contribution in [0.1, 0.15) is 117 Å². The van der Waals surface area contributed by atoms with Crippen LogP contribution in [0.4, 0.5) is 0 Å². The van der Waals surface area contributed by atoms with E-state index in [0.717, 1.165) is 17.6 Å². The fourth-order valence-electron chi connectivity index (χ4n) is 4.56. The largest absolute Gasteiger partial charge is 0.390 e. The third kappa shape index (κ3) is 11.8. The van der Waals surface area contributed by atoms with E-state index >= 15 is 0 Å². The number of quaternary nitrogens is 1. The lowest BCUT2D eigenvalue weighted by Crippen LogP contribution is -2.54. The molecular weight excluding hydrogens is 356 g/mol. The number of aliphatic hydroxyl groups is 1. The van der Waals surface area contributed by atoms with Gasteiger partial charge in [0, 0.05) is 6.42 Å². The second kappa shape index (κ2) is 18.0. The third-order valence-corrected chi connectivity index (χ3v) is 6.63. The van der Waals surface area contributed by atoms with Gasteiger partial charge in [-0.2, -0.15) is 0 Å². The van der Waals surface area contributed by atoms with Crippen LogP contribution in [0.2, 0.25) is 0 Å². The number of hydrogen-bond donors (Lipinski definition) is 2. The molecule has 2 unspecified atom stereocenters. The lowest BCUT2D eigenvalue weighted by Gasteiger charge is -2.36. The fraction of sp³-hybridized carbons (Fsp3) is 0.846. The Hall–Kier alpha value is -0.800. The minimum atomic E-state index is 0.268. The Kier molecular flexibility index (Phi) is 16.3. The number of rotatable bonds is 20. The van der Waals surface area contributed by atoms with Gasteiger partial charge in [0.25, 0.3) is 0 Å². The van der Waals surface area contributed by atoms with Crippen molar-refractivity contribution in [1.82, 2.24) is 5.32 Å². The number of likely N-dealkylation sites (N-methyl/N-ethyl adjacent to an activating group) is 1. The molecule has 1 rings (SSSR count). The molecule has 0 amide bonds. The van der Waals surface area contributed by atoms with E-state index in [2.05, 4.69) is 43.7 Å². The molecule has 0 saturated carbocycles. The van der Waals surface area contributed by atoms with Crippen molar-refractivity contribution in [2.45, 2.75) is 123 Å². The zero-order valence-corrected chi connectivity index (χ0v) is 19.7. The summed E-state index contributed by atoms with van der Waals surface area (Å²) in [5, 5.41) is 12.9. The average Bonchev–Trinajstić information content (AvgIpc) is 3.13. The first-order valence-corrected chi connectivity index (χ1v) is 12.8. The highest BCUT2D eigenvalue weighted by atomic mass is 16.3. The van der Waals surface area contributed by atoms with Crippen molar-refractivity contribution in [2.24, 2.45) is 0 Å². The molecule has 1 aliphatic heterocycles. The van der Waals surface area contributed by atoms with E-state index in [1.54, 1.807) is 0 Å². The predicted molar refractivity (Wildman–Crippen MR) is 128 cm³/mol. The normalized spacial score (nSPS) is 21.3. The molecule has 0 aromatic carbocycles. The predicted octanol–water partition coefficient (Wildman–Crippen LogP) is 7.03. The average molecular weight is 408 g/mol. The standard InChI is InChI=1S/C26H51N2O/c1-3-5-6-7-8-9-10-11-12-13-14-15-16-17-18-19-20-21-26-27-22-23-28(26,4-2)24-25-29/h12-13,22-23,26-27,29H,3-11,14-21,24-25H2,1-2H3/q+1/b13-12+. The molecule has 0 radical (unpaired) electrons. The van der Waals surface area contributed by atoms with E-state index in [-0.39, 0.29) is 6.61 Å². The van der Waals surface area contributed by atoms with Gasteiger partial charge in [0.1, 0.15) is 12.7 Å². The molecule has 29 heavy (non-hydrogen) atoms. The molecule has 3 nitrogen and oxygen atoms in total. The Bertz CT molecular complexity index is 421. The second-order valence-corrected chi connectivity index (χ2v) is 8.94. The highest BCUT2D eigenvalue weighted by molar-refractivity contribution is 4.84. The highest BCUT2D eigenvalue weighted by Gasteiger charge is 2.35. The highest BCUT2D eigenvalue weighted by Crippen LogP contribution is 2.22. The van der Waals surface area contributed by atoms with E-state index in [0.29, 0.717) is 6.17 Å². The van der Waals surface area contributed by atoms with Crippen LogP contribution in [0.3, 0.4) is 0 Å². The van der Waals surface area contributed by atoms with Crippen molar-refractivity contribution in [2.75, 3.05) is 19.7 Å². The molecule has 1 heterocycles. The molecule has 0 saturated heterocycles. The van der Waals surface area contributed by atoms with E-state index in [1.165, 1.54) is 103 Å². The maximum Gasteiger partial charge on any atom is 0.166 e. The molecular formula is C26H51N2O+. The molecule has 0 fully saturated rings. The van der Waals surface area contributed by atoms with Crippen molar-refractivity contribution in [3.63, 3.8) is 0 Å². The summed E-state index contributed by atoms with van der Waals surface area (Å²) in [6.45, 7) is 6.67. The van der Waals surface area contributed by atoms with Crippen LogP contribution in [0.15, 0.2) is 24.6 Å². The number of allylic oxidation sites excluding steroid dienone is 2. The summed E-state index contributed by atoms with van der Waals surface area (Å²) in [6.07, 6.45) is 31.4.